The molecule has 0 aliphatic rings. The van der Waals surface area contributed by atoms with Crippen molar-refractivity contribution < 1.29 is 28.2 Å². The Hall–Kier alpha value is -1.70. The first-order valence-electron chi connectivity index (χ1n) is 8.63. The summed E-state index contributed by atoms with van der Waals surface area (Å²) in [7, 11) is -9.49. The molecular formula is C20H25F7S. The number of benzene rings is 2. The monoisotopic (exact) mass is 430 g/mol. The highest BCUT2D eigenvalue weighted by atomic mass is 32.5. The molecule has 0 atom stereocenters. The Labute approximate surface area is 161 Å². The normalized spacial score (nSPS) is 14.9. The number of hydrogen-bond donors (Lipinski definition) is 0. The molecule has 0 aliphatic carbocycles. The van der Waals surface area contributed by atoms with Crippen LogP contribution in [0.3, 0.4) is 0 Å². The topological polar surface area (TPSA) is 0 Å². The molecule has 28 heavy (non-hydrogen) atoms. The Morgan fingerprint density at radius 1 is 0.643 bits per heavy atom. The molecule has 0 saturated carbocycles. The summed E-state index contributed by atoms with van der Waals surface area (Å²) < 4.78 is 87.0. The van der Waals surface area contributed by atoms with E-state index in [4.69, 9.17) is 0 Å². The van der Waals surface area contributed by atoms with Gasteiger partial charge in [0.05, 0.1) is 0 Å². The lowest BCUT2D eigenvalue weighted by Gasteiger charge is -2.40. The first-order valence-corrected chi connectivity index (χ1v) is 10.6. The van der Waals surface area contributed by atoms with Gasteiger partial charge in [-0.1, -0.05) is 83.5 Å². The summed E-state index contributed by atoms with van der Waals surface area (Å²) in [6.07, 6.45) is 0. The second-order valence-corrected chi connectivity index (χ2v) is 9.77. The summed E-state index contributed by atoms with van der Waals surface area (Å²) in [6.45, 7) is 8.54. The van der Waals surface area contributed by atoms with Crippen molar-refractivity contribution in [3.8, 4) is 0 Å². The number of hydrogen-bond acceptors (Lipinski definition) is 0. The van der Waals surface area contributed by atoms with Crippen LogP contribution >= 0.6 is 10.2 Å². The van der Waals surface area contributed by atoms with E-state index in [0.29, 0.717) is 23.6 Å². The van der Waals surface area contributed by atoms with E-state index in [0.717, 1.165) is 24.6 Å². The van der Waals surface area contributed by atoms with E-state index in [1.165, 1.54) is 12.1 Å². The first-order chi connectivity index (χ1) is 12.3. The van der Waals surface area contributed by atoms with Gasteiger partial charge in [0.2, 0.25) is 0 Å². The van der Waals surface area contributed by atoms with Gasteiger partial charge in [-0.2, -0.15) is 0 Å². The highest BCUT2D eigenvalue weighted by Crippen LogP contribution is 3.02. The van der Waals surface area contributed by atoms with Crippen molar-refractivity contribution in [2.24, 2.45) is 0 Å². The van der Waals surface area contributed by atoms with Crippen LogP contribution in [0, 0.1) is 0 Å². The Morgan fingerprint density at radius 3 is 1.21 bits per heavy atom. The number of halogens is 7. The van der Waals surface area contributed by atoms with E-state index in [9.17, 15) is 28.2 Å². The van der Waals surface area contributed by atoms with E-state index in [-0.39, 0.29) is 11.5 Å². The van der Waals surface area contributed by atoms with Gasteiger partial charge in [-0.25, -0.2) is 8.78 Å². The molecular weight excluding hydrogens is 405 g/mol. The van der Waals surface area contributed by atoms with Crippen LogP contribution in [0.4, 0.5) is 28.2 Å². The minimum Gasteiger partial charge on any atom is -0.202 e. The van der Waals surface area contributed by atoms with Crippen LogP contribution in [0.5, 0.6) is 0 Å². The molecule has 0 fully saturated rings. The van der Waals surface area contributed by atoms with Crippen molar-refractivity contribution in [1.82, 2.24) is 0 Å². The number of rotatable bonds is 4. The molecule has 2 aromatic rings. The maximum absolute atomic E-state index is 12.8. The van der Waals surface area contributed by atoms with Crippen LogP contribution in [0.2, 0.25) is 0 Å². The van der Waals surface area contributed by atoms with Gasteiger partial charge in [0.25, 0.3) is 5.92 Å². The molecule has 0 saturated heterocycles. The highest BCUT2D eigenvalue weighted by molar-refractivity contribution is 8.45. The van der Waals surface area contributed by atoms with Crippen molar-refractivity contribution >= 4 is 10.2 Å². The Bertz CT molecular complexity index is 769. The lowest BCUT2D eigenvalue weighted by molar-refractivity contribution is 0.0174. The van der Waals surface area contributed by atoms with Crippen molar-refractivity contribution in [3.63, 3.8) is 0 Å². The Kier molecular flexibility index (Phi) is 6.33. The molecule has 8 heteroatoms. The van der Waals surface area contributed by atoms with Gasteiger partial charge >= 0.3 is 10.2 Å². The molecule has 0 bridgehead atoms. The smallest absolute Gasteiger partial charge is 0.202 e. The predicted molar refractivity (Wildman–Crippen MR) is 102 cm³/mol. The maximum atomic E-state index is 12.8. The minimum absolute atomic E-state index is 0.0116. The van der Waals surface area contributed by atoms with Gasteiger partial charge in [0, 0.05) is 12.5 Å². The van der Waals surface area contributed by atoms with Crippen LogP contribution in [0.1, 0.15) is 63.1 Å². The molecule has 160 valence electrons. The van der Waals surface area contributed by atoms with Gasteiger partial charge in [0.1, 0.15) is 4.90 Å². The SMILES string of the molecule is CC(C)c1ccc(C(C)(F)F)cc1.CC(C)c1ccc(S(F)(F)(F)(F)F)cc1. The molecule has 0 N–H and O–H groups in total. The third kappa shape index (κ3) is 7.37. The minimum atomic E-state index is -9.49. The molecule has 2 aromatic carbocycles. The summed E-state index contributed by atoms with van der Waals surface area (Å²) in [6, 6.07) is 9.56. The molecule has 0 aromatic heterocycles. The fourth-order valence-corrected chi connectivity index (χ4v) is 2.92. The van der Waals surface area contributed by atoms with Gasteiger partial charge in [0.15, 0.2) is 0 Å². The van der Waals surface area contributed by atoms with Gasteiger partial charge in [-0.3, -0.25) is 0 Å². The third-order valence-electron chi connectivity index (χ3n) is 4.08. The molecule has 0 aliphatic heterocycles. The fraction of sp³-hybridized carbons (Fsp3) is 0.400. The van der Waals surface area contributed by atoms with Crippen LogP contribution in [-0.2, 0) is 5.92 Å². The quantitative estimate of drug-likeness (QED) is 0.424. The lowest BCUT2D eigenvalue weighted by Crippen LogP contribution is -2.06. The maximum Gasteiger partial charge on any atom is 0.310 e. The van der Waals surface area contributed by atoms with Crippen molar-refractivity contribution in [2.75, 3.05) is 0 Å². The van der Waals surface area contributed by atoms with Gasteiger partial charge in [-0.05, 0) is 35.1 Å². The average Bonchev–Trinajstić information content (AvgIpc) is 2.53. The summed E-state index contributed by atoms with van der Waals surface area (Å²) >= 11 is 0. The fourth-order valence-electron chi connectivity index (χ4n) is 2.27. The number of alkyl halides is 2. The van der Waals surface area contributed by atoms with Crippen LogP contribution < -0.4 is 0 Å². The summed E-state index contributed by atoms with van der Waals surface area (Å²) in [4.78, 5) is -1.83. The van der Waals surface area contributed by atoms with E-state index >= 15 is 0 Å². The second-order valence-electron chi connectivity index (χ2n) is 7.36. The van der Waals surface area contributed by atoms with E-state index in [1.807, 2.05) is 13.8 Å². The summed E-state index contributed by atoms with van der Waals surface area (Å²) in [5.74, 6) is -2.33. The molecule has 2 rings (SSSR count). The van der Waals surface area contributed by atoms with E-state index < -0.39 is 21.0 Å². The Morgan fingerprint density at radius 2 is 0.964 bits per heavy atom. The zero-order valence-corrected chi connectivity index (χ0v) is 17.1. The van der Waals surface area contributed by atoms with Gasteiger partial charge < -0.3 is 0 Å². The Balaban J connectivity index is 0.000000283. The molecule has 0 spiro atoms. The summed E-state index contributed by atoms with van der Waals surface area (Å²) in [5.41, 5.74) is 1.77. The van der Waals surface area contributed by atoms with Crippen LogP contribution in [-0.4, -0.2) is 0 Å². The average molecular weight is 430 g/mol. The molecule has 0 amide bonds. The predicted octanol–water partition coefficient (Wildman–Crippen LogP) is 9.39. The first kappa shape index (κ1) is 24.3. The molecule has 0 heterocycles. The summed E-state index contributed by atoms with van der Waals surface area (Å²) in [5, 5.41) is 0. The lowest BCUT2D eigenvalue weighted by atomic mass is 10.0. The largest absolute Gasteiger partial charge is 0.310 e. The van der Waals surface area contributed by atoms with Gasteiger partial charge in [-0.15, -0.1) is 0 Å². The molecule has 0 unspecified atom stereocenters. The van der Waals surface area contributed by atoms with Crippen molar-refractivity contribution in [1.29, 1.82) is 0 Å². The van der Waals surface area contributed by atoms with Crippen LogP contribution in [0.15, 0.2) is 53.4 Å². The van der Waals surface area contributed by atoms with Crippen molar-refractivity contribution in [2.45, 2.75) is 57.3 Å². The second kappa shape index (κ2) is 7.28. The molecule has 0 nitrogen and oxygen atoms in total. The van der Waals surface area contributed by atoms with E-state index in [2.05, 4.69) is 0 Å². The zero-order valence-electron chi connectivity index (χ0n) is 16.3. The van der Waals surface area contributed by atoms with E-state index in [1.54, 1.807) is 26.0 Å². The van der Waals surface area contributed by atoms with Crippen molar-refractivity contribution in [3.05, 3.63) is 65.2 Å². The standard InChI is InChI=1S/C11H14F2.C9H11F5S/c1-8(2)9-4-6-10(7-5-9)11(3,12)13;1-7(2)8-3-5-9(6-4-8)15(10,11,12,13)14/h4-8H,1-3H3;3-7H,1-2H3. The molecule has 0 radical (unpaired) electrons. The van der Waals surface area contributed by atoms with Crippen LogP contribution in [0.25, 0.3) is 0 Å². The highest BCUT2D eigenvalue weighted by Gasteiger charge is 2.65. The third-order valence-corrected chi connectivity index (χ3v) is 5.24. The zero-order chi connectivity index (χ0) is 22.0.